The Morgan fingerprint density at radius 3 is 2.33 bits per heavy atom. The molecule has 1 fully saturated rings. The van der Waals surface area contributed by atoms with Crippen LogP contribution in [0.15, 0.2) is 53.4 Å². The van der Waals surface area contributed by atoms with Gasteiger partial charge in [0.25, 0.3) is 0 Å². The van der Waals surface area contributed by atoms with E-state index in [0.717, 1.165) is 0 Å². The van der Waals surface area contributed by atoms with Crippen molar-refractivity contribution in [2.45, 2.75) is 24.3 Å². The molecule has 0 spiro atoms. The average Bonchev–Trinajstić information content (AvgIpc) is 2.96. The average molecular weight is 391 g/mol. The lowest BCUT2D eigenvalue weighted by molar-refractivity contribution is -0.118. The number of benzene rings is 2. The first-order valence-corrected chi connectivity index (χ1v) is 9.71. The Balaban J connectivity index is 1.71. The first-order chi connectivity index (χ1) is 12.8. The molecular formula is C18H18FN3O4S. The number of carbonyl (C=O) groups is 2. The van der Waals surface area contributed by atoms with E-state index in [1.54, 1.807) is 0 Å². The fourth-order valence-corrected chi connectivity index (χ4v) is 4.07. The van der Waals surface area contributed by atoms with Gasteiger partial charge in [-0.1, -0.05) is 0 Å². The van der Waals surface area contributed by atoms with Gasteiger partial charge in [0.05, 0.1) is 4.90 Å². The lowest BCUT2D eigenvalue weighted by Gasteiger charge is -2.17. The van der Waals surface area contributed by atoms with Crippen LogP contribution in [0.25, 0.3) is 0 Å². The highest BCUT2D eigenvalue weighted by Gasteiger charge is 2.35. The molecule has 2 aromatic rings. The lowest BCUT2D eigenvalue weighted by Crippen LogP contribution is -2.41. The molecule has 3 rings (SSSR count). The van der Waals surface area contributed by atoms with Crippen LogP contribution in [0.1, 0.15) is 13.3 Å². The second kappa shape index (κ2) is 7.45. The molecule has 0 bridgehead atoms. The number of nitrogens with one attached hydrogen (secondary N) is 2. The Hall–Kier alpha value is -2.78. The molecule has 1 heterocycles. The molecule has 2 aromatic carbocycles. The van der Waals surface area contributed by atoms with Crippen molar-refractivity contribution in [2.75, 3.05) is 16.8 Å². The maximum Gasteiger partial charge on any atom is 0.245 e. The third kappa shape index (κ3) is 4.32. The Bertz CT molecular complexity index is 959. The summed E-state index contributed by atoms with van der Waals surface area (Å²) in [5.41, 5.74) is 0.989. The van der Waals surface area contributed by atoms with E-state index >= 15 is 0 Å². The van der Waals surface area contributed by atoms with Gasteiger partial charge in [0.1, 0.15) is 11.9 Å². The standard InChI is InChI=1S/C18H18FN3O4S/c1-12(23)20-14-4-8-16(9-5-14)27(25,26)21-17-10-11-22(18(17)24)15-6-2-13(19)3-7-15/h2-9,17,21H,10-11H2,1H3,(H,20,23)/t17-/m1/s1. The summed E-state index contributed by atoms with van der Waals surface area (Å²) < 4.78 is 40.5. The van der Waals surface area contributed by atoms with Crippen molar-refractivity contribution in [1.82, 2.24) is 4.72 Å². The van der Waals surface area contributed by atoms with E-state index in [-0.39, 0.29) is 16.7 Å². The summed E-state index contributed by atoms with van der Waals surface area (Å²) in [6.45, 7) is 1.68. The van der Waals surface area contributed by atoms with Crippen LogP contribution in [0, 0.1) is 5.82 Å². The maximum atomic E-state index is 13.0. The highest BCUT2D eigenvalue weighted by molar-refractivity contribution is 7.89. The fraction of sp³-hybridized carbons (Fsp3) is 0.222. The Kier molecular flexibility index (Phi) is 5.24. The lowest BCUT2D eigenvalue weighted by atomic mass is 10.3. The van der Waals surface area contributed by atoms with Crippen molar-refractivity contribution in [3.05, 3.63) is 54.3 Å². The van der Waals surface area contributed by atoms with Crippen LogP contribution in [0.2, 0.25) is 0 Å². The van der Waals surface area contributed by atoms with Crippen molar-refractivity contribution in [2.24, 2.45) is 0 Å². The monoisotopic (exact) mass is 391 g/mol. The van der Waals surface area contributed by atoms with E-state index in [1.165, 1.54) is 60.4 Å². The molecule has 0 saturated carbocycles. The predicted molar refractivity (Wildman–Crippen MR) is 98.2 cm³/mol. The molecule has 0 aliphatic carbocycles. The molecule has 1 atom stereocenters. The normalized spacial score (nSPS) is 17.2. The topological polar surface area (TPSA) is 95.6 Å². The number of rotatable bonds is 5. The van der Waals surface area contributed by atoms with Crippen LogP contribution in [-0.4, -0.2) is 32.8 Å². The molecule has 1 saturated heterocycles. The summed E-state index contributed by atoms with van der Waals surface area (Å²) in [4.78, 5) is 25.0. The number of halogens is 1. The summed E-state index contributed by atoms with van der Waals surface area (Å²) in [6, 6.07) is 10.2. The van der Waals surface area contributed by atoms with E-state index in [4.69, 9.17) is 0 Å². The van der Waals surface area contributed by atoms with Crippen LogP contribution in [0.4, 0.5) is 15.8 Å². The fourth-order valence-electron chi connectivity index (χ4n) is 2.84. The van der Waals surface area contributed by atoms with E-state index in [9.17, 15) is 22.4 Å². The summed E-state index contributed by atoms with van der Waals surface area (Å²) >= 11 is 0. The molecule has 7 nitrogen and oxygen atoms in total. The number of hydrogen-bond donors (Lipinski definition) is 2. The minimum atomic E-state index is -3.90. The third-order valence-corrected chi connectivity index (χ3v) is 5.61. The molecule has 142 valence electrons. The Morgan fingerprint density at radius 2 is 1.74 bits per heavy atom. The number of carbonyl (C=O) groups excluding carboxylic acids is 2. The van der Waals surface area contributed by atoms with Gasteiger partial charge >= 0.3 is 0 Å². The molecule has 0 aromatic heterocycles. The zero-order valence-corrected chi connectivity index (χ0v) is 15.3. The highest BCUT2D eigenvalue weighted by atomic mass is 32.2. The summed E-state index contributed by atoms with van der Waals surface area (Å²) in [7, 11) is -3.90. The number of hydrogen-bond acceptors (Lipinski definition) is 4. The van der Waals surface area contributed by atoms with Gasteiger partial charge in [-0.25, -0.2) is 12.8 Å². The highest BCUT2D eigenvalue weighted by Crippen LogP contribution is 2.23. The number of anilines is 2. The first-order valence-electron chi connectivity index (χ1n) is 8.23. The van der Waals surface area contributed by atoms with Crippen molar-refractivity contribution >= 4 is 33.2 Å². The maximum absolute atomic E-state index is 13.0. The van der Waals surface area contributed by atoms with Gasteiger partial charge in [-0.2, -0.15) is 4.72 Å². The zero-order chi connectivity index (χ0) is 19.6. The van der Waals surface area contributed by atoms with E-state index < -0.39 is 21.9 Å². The Morgan fingerprint density at radius 1 is 1.11 bits per heavy atom. The van der Waals surface area contributed by atoms with Gasteiger partial charge in [0.15, 0.2) is 0 Å². The van der Waals surface area contributed by atoms with Crippen LogP contribution < -0.4 is 14.9 Å². The summed E-state index contributed by atoms with van der Waals surface area (Å²) in [5.74, 6) is -1.06. The largest absolute Gasteiger partial charge is 0.326 e. The molecule has 0 radical (unpaired) electrons. The third-order valence-electron chi connectivity index (χ3n) is 4.13. The number of amides is 2. The van der Waals surface area contributed by atoms with Crippen LogP contribution >= 0.6 is 0 Å². The van der Waals surface area contributed by atoms with Gasteiger partial charge in [0.2, 0.25) is 21.8 Å². The SMILES string of the molecule is CC(=O)Nc1ccc(S(=O)(=O)N[C@@H]2CCN(c3ccc(F)cc3)C2=O)cc1. The first kappa shape index (κ1) is 19.0. The minimum absolute atomic E-state index is 0.00960. The molecule has 2 amide bonds. The number of sulfonamides is 1. The van der Waals surface area contributed by atoms with Crippen molar-refractivity contribution in [1.29, 1.82) is 0 Å². The number of nitrogens with zero attached hydrogens (tertiary/aromatic N) is 1. The van der Waals surface area contributed by atoms with Crippen LogP contribution in [0.5, 0.6) is 0 Å². The van der Waals surface area contributed by atoms with Gasteiger partial charge in [-0.15, -0.1) is 0 Å². The summed E-state index contributed by atoms with van der Waals surface area (Å²) in [5, 5.41) is 2.55. The minimum Gasteiger partial charge on any atom is -0.326 e. The summed E-state index contributed by atoms with van der Waals surface area (Å²) in [6.07, 6.45) is 0.305. The Labute approximate surface area is 156 Å². The van der Waals surface area contributed by atoms with Crippen LogP contribution in [-0.2, 0) is 19.6 Å². The van der Waals surface area contributed by atoms with Gasteiger partial charge in [-0.3, -0.25) is 9.59 Å². The van der Waals surface area contributed by atoms with E-state index in [2.05, 4.69) is 10.0 Å². The van der Waals surface area contributed by atoms with Gasteiger partial charge in [0, 0.05) is 24.8 Å². The molecule has 9 heteroatoms. The quantitative estimate of drug-likeness (QED) is 0.813. The zero-order valence-electron chi connectivity index (χ0n) is 14.5. The molecule has 0 unspecified atom stereocenters. The molecule has 1 aliphatic rings. The van der Waals surface area contributed by atoms with Crippen molar-refractivity contribution in [3.63, 3.8) is 0 Å². The molecular weight excluding hydrogens is 373 g/mol. The smallest absolute Gasteiger partial charge is 0.245 e. The molecule has 1 aliphatic heterocycles. The molecule has 2 N–H and O–H groups in total. The van der Waals surface area contributed by atoms with Gasteiger partial charge < -0.3 is 10.2 Å². The van der Waals surface area contributed by atoms with E-state index in [1.807, 2.05) is 0 Å². The van der Waals surface area contributed by atoms with E-state index in [0.29, 0.717) is 24.3 Å². The van der Waals surface area contributed by atoms with Crippen molar-refractivity contribution in [3.8, 4) is 0 Å². The van der Waals surface area contributed by atoms with Crippen molar-refractivity contribution < 1.29 is 22.4 Å². The second-order valence-corrected chi connectivity index (χ2v) is 7.85. The van der Waals surface area contributed by atoms with Gasteiger partial charge in [-0.05, 0) is 55.0 Å². The second-order valence-electron chi connectivity index (χ2n) is 6.13. The van der Waals surface area contributed by atoms with Crippen LogP contribution in [0.3, 0.4) is 0 Å². The molecule has 27 heavy (non-hydrogen) atoms. The predicted octanol–water partition coefficient (Wildman–Crippen LogP) is 1.87.